The van der Waals surface area contributed by atoms with Crippen LogP contribution in [-0.4, -0.2) is 37.0 Å². The van der Waals surface area contributed by atoms with Gasteiger partial charge in [-0.15, -0.1) is 0 Å². The lowest BCUT2D eigenvalue weighted by Crippen LogP contribution is -2.48. The van der Waals surface area contributed by atoms with Crippen molar-refractivity contribution in [3.05, 3.63) is 34.1 Å². The van der Waals surface area contributed by atoms with Gasteiger partial charge in [0.1, 0.15) is 5.82 Å². The van der Waals surface area contributed by atoms with Gasteiger partial charge in [0.2, 0.25) is 0 Å². The maximum absolute atomic E-state index is 13.5. The highest BCUT2D eigenvalue weighted by molar-refractivity contribution is 9.10. The third kappa shape index (κ3) is 2.84. The average Bonchev–Trinajstić information content (AvgIpc) is 2.83. The second-order valence-corrected chi connectivity index (χ2v) is 5.93. The van der Waals surface area contributed by atoms with Crippen molar-refractivity contribution in [3.8, 4) is 0 Å². The summed E-state index contributed by atoms with van der Waals surface area (Å²) in [5.74, 6) is -0.629. The van der Waals surface area contributed by atoms with Gasteiger partial charge in [0.15, 0.2) is 5.79 Å². The Morgan fingerprint density at radius 2 is 2.11 bits per heavy atom. The van der Waals surface area contributed by atoms with Gasteiger partial charge in [-0.1, -0.05) is 12.1 Å². The average molecular weight is 330 g/mol. The van der Waals surface area contributed by atoms with Crippen LogP contribution in [0.2, 0.25) is 0 Å². The number of hydrogen-bond donors (Lipinski definition) is 0. The van der Waals surface area contributed by atoms with Gasteiger partial charge in [-0.25, -0.2) is 4.39 Å². The minimum Gasteiger partial charge on any atom is -0.346 e. The molecule has 2 fully saturated rings. The Morgan fingerprint density at radius 1 is 1.32 bits per heavy atom. The minimum atomic E-state index is -0.419. The molecule has 0 radical (unpaired) electrons. The molecule has 3 nitrogen and oxygen atoms in total. The predicted octanol–water partition coefficient (Wildman–Crippen LogP) is 2.93. The third-order valence-corrected chi connectivity index (χ3v) is 4.62. The summed E-state index contributed by atoms with van der Waals surface area (Å²) in [6.45, 7) is 3.83. The highest BCUT2D eigenvalue weighted by Gasteiger charge is 2.40. The van der Waals surface area contributed by atoms with Crippen LogP contribution in [0.4, 0.5) is 4.39 Å². The van der Waals surface area contributed by atoms with E-state index in [9.17, 15) is 4.39 Å². The van der Waals surface area contributed by atoms with Crippen molar-refractivity contribution in [3.63, 3.8) is 0 Å². The fraction of sp³-hybridized carbons (Fsp3) is 0.571. The van der Waals surface area contributed by atoms with E-state index in [0.29, 0.717) is 24.2 Å². The van der Waals surface area contributed by atoms with Crippen molar-refractivity contribution >= 4 is 15.9 Å². The summed E-state index contributed by atoms with van der Waals surface area (Å²) >= 11 is 3.32. The van der Waals surface area contributed by atoms with Crippen molar-refractivity contribution in [2.45, 2.75) is 25.2 Å². The molecule has 2 heterocycles. The lowest BCUT2D eigenvalue weighted by molar-refractivity contribution is -0.190. The van der Waals surface area contributed by atoms with Gasteiger partial charge in [-0.05, 0) is 40.5 Å². The zero-order valence-electron chi connectivity index (χ0n) is 10.7. The van der Waals surface area contributed by atoms with Gasteiger partial charge in [0, 0.05) is 13.0 Å². The topological polar surface area (TPSA) is 21.7 Å². The van der Waals surface area contributed by atoms with Crippen molar-refractivity contribution < 1.29 is 13.9 Å². The first kappa shape index (κ1) is 13.5. The molecule has 0 saturated carbocycles. The Labute approximate surface area is 120 Å². The van der Waals surface area contributed by atoms with Gasteiger partial charge < -0.3 is 9.47 Å². The van der Waals surface area contributed by atoms with Crippen molar-refractivity contribution in [2.24, 2.45) is 0 Å². The van der Waals surface area contributed by atoms with Crippen LogP contribution in [-0.2, 0) is 16.0 Å². The molecule has 3 rings (SSSR count). The zero-order chi connectivity index (χ0) is 13.3. The Bertz CT molecular complexity index is 463. The number of piperidine rings is 1. The Kier molecular flexibility index (Phi) is 3.89. The molecule has 1 aromatic carbocycles. The highest BCUT2D eigenvalue weighted by Crippen LogP contribution is 2.31. The van der Waals surface area contributed by atoms with E-state index >= 15 is 0 Å². The summed E-state index contributed by atoms with van der Waals surface area (Å²) in [6, 6.07) is 5.16. The van der Waals surface area contributed by atoms with Crippen LogP contribution in [0.15, 0.2) is 22.7 Å². The van der Waals surface area contributed by atoms with Crippen molar-refractivity contribution in [1.29, 1.82) is 0 Å². The maximum atomic E-state index is 13.5. The van der Waals surface area contributed by atoms with E-state index in [-0.39, 0.29) is 5.82 Å². The quantitative estimate of drug-likeness (QED) is 0.832. The van der Waals surface area contributed by atoms with Gasteiger partial charge in [-0.2, -0.15) is 0 Å². The second-order valence-electron chi connectivity index (χ2n) is 5.13. The van der Waals surface area contributed by atoms with Crippen molar-refractivity contribution in [2.75, 3.05) is 26.3 Å². The van der Waals surface area contributed by atoms with Crippen molar-refractivity contribution in [1.82, 2.24) is 4.90 Å². The molecule has 1 aromatic rings. The Morgan fingerprint density at radius 3 is 2.89 bits per heavy atom. The standard InChI is InChI=1S/C14H17BrFNO2/c15-13-11(3-1-4-12(13)16)9-17-6-2-5-14(10-17)18-7-8-19-14/h1,3-4H,2,5-10H2. The minimum absolute atomic E-state index is 0.211. The van der Waals surface area contributed by atoms with E-state index in [0.717, 1.165) is 31.5 Å². The first-order valence-electron chi connectivity index (χ1n) is 6.62. The number of likely N-dealkylation sites (tertiary alicyclic amines) is 1. The molecular weight excluding hydrogens is 313 g/mol. The molecule has 104 valence electrons. The summed E-state index contributed by atoms with van der Waals surface area (Å²) in [7, 11) is 0. The third-order valence-electron chi connectivity index (χ3n) is 3.74. The van der Waals surface area contributed by atoms with Crippen LogP contribution in [0.25, 0.3) is 0 Å². The molecular formula is C14H17BrFNO2. The summed E-state index contributed by atoms with van der Waals surface area (Å²) in [6.07, 6.45) is 2.00. The Hall–Kier alpha value is -0.490. The number of benzene rings is 1. The molecule has 5 heteroatoms. The highest BCUT2D eigenvalue weighted by atomic mass is 79.9. The smallest absolute Gasteiger partial charge is 0.181 e. The van der Waals surface area contributed by atoms with E-state index in [1.54, 1.807) is 6.07 Å². The molecule has 2 saturated heterocycles. The molecule has 0 aliphatic carbocycles. The number of nitrogens with zero attached hydrogens (tertiary/aromatic N) is 1. The molecule has 0 unspecified atom stereocenters. The van der Waals surface area contributed by atoms with Gasteiger partial charge >= 0.3 is 0 Å². The first-order chi connectivity index (χ1) is 9.19. The van der Waals surface area contributed by atoms with E-state index < -0.39 is 5.79 Å². The van der Waals surface area contributed by atoms with E-state index in [4.69, 9.17) is 9.47 Å². The monoisotopic (exact) mass is 329 g/mol. The van der Waals surface area contributed by atoms with Crippen LogP contribution in [0.1, 0.15) is 18.4 Å². The zero-order valence-corrected chi connectivity index (χ0v) is 12.3. The number of hydrogen-bond acceptors (Lipinski definition) is 3. The first-order valence-corrected chi connectivity index (χ1v) is 7.41. The number of rotatable bonds is 2. The van der Waals surface area contributed by atoms with Gasteiger partial charge in [0.25, 0.3) is 0 Å². The molecule has 19 heavy (non-hydrogen) atoms. The Balaban J connectivity index is 1.71. The fourth-order valence-electron chi connectivity index (χ4n) is 2.85. The van der Waals surface area contributed by atoms with E-state index in [1.165, 1.54) is 6.07 Å². The van der Waals surface area contributed by atoms with Crippen LogP contribution in [0.3, 0.4) is 0 Å². The SMILES string of the molecule is Fc1cccc(CN2CCCC3(C2)OCCO3)c1Br. The normalized spacial score (nSPS) is 23.1. The molecule has 0 N–H and O–H groups in total. The van der Waals surface area contributed by atoms with Gasteiger partial charge in [0.05, 0.1) is 24.2 Å². The predicted molar refractivity (Wildman–Crippen MR) is 73.2 cm³/mol. The molecule has 2 aliphatic rings. The van der Waals surface area contributed by atoms with Crippen LogP contribution < -0.4 is 0 Å². The van der Waals surface area contributed by atoms with E-state index in [1.807, 2.05) is 6.07 Å². The lowest BCUT2D eigenvalue weighted by Gasteiger charge is -2.38. The van der Waals surface area contributed by atoms with Crippen LogP contribution in [0.5, 0.6) is 0 Å². The molecule has 0 aromatic heterocycles. The fourth-order valence-corrected chi connectivity index (χ4v) is 3.24. The second kappa shape index (κ2) is 5.48. The molecule has 0 atom stereocenters. The molecule has 0 bridgehead atoms. The summed E-state index contributed by atoms with van der Waals surface area (Å²) in [5, 5.41) is 0. The van der Waals surface area contributed by atoms with Crippen LogP contribution in [0, 0.1) is 5.82 Å². The maximum Gasteiger partial charge on any atom is 0.181 e. The summed E-state index contributed by atoms with van der Waals surface area (Å²) in [4.78, 5) is 2.27. The lowest BCUT2D eigenvalue weighted by atomic mass is 10.0. The number of ether oxygens (including phenoxy) is 2. The number of halogens is 2. The molecule has 1 spiro atoms. The van der Waals surface area contributed by atoms with E-state index in [2.05, 4.69) is 20.8 Å². The largest absolute Gasteiger partial charge is 0.346 e. The molecule has 0 amide bonds. The summed E-state index contributed by atoms with van der Waals surface area (Å²) in [5.41, 5.74) is 0.968. The summed E-state index contributed by atoms with van der Waals surface area (Å²) < 4.78 is 25.6. The van der Waals surface area contributed by atoms with Gasteiger partial charge in [-0.3, -0.25) is 4.90 Å². The van der Waals surface area contributed by atoms with Crippen LogP contribution >= 0.6 is 15.9 Å². The molecule has 2 aliphatic heterocycles.